The van der Waals surface area contributed by atoms with Crippen LogP contribution in [-0.4, -0.2) is 17.8 Å². The molecule has 0 spiro atoms. The molecule has 0 radical (unpaired) electrons. The highest BCUT2D eigenvalue weighted by Crippen LogP contribution is 2.29. The van der Waals surface area contributed by atoms with Crippen LogP contribution in [0.1, 0.15) is 22.3 Å². The molecule has 0 fully saturated rings. The van der Waals surface area contributed by atoms with Crippen LogP contribution in [0.5, 0.6) is 5.75 Å². The fourth-order valence-electron chi connectivity index (χ4n) is 3.19. The second kappa shape index (κ2) is 5.90. The molecular formula is C19H22O2. The van der Waals surface area contributed by atoms with Crippen molar-refractivity contribution in [3.05, 3.63) is 64.7 Å². The van der Waals surface area contributed by atoms with Gasteiger partial charge in [-0.2, -0.15) is 0 Å². The van der Waals surface area contributed by atoms with E-state index in [-0.39, 0.29) is 12.0 Å². The van der Waals surface area contributed by atoms with Crippen molar-refractivity contribution in [1.29, 1.82) is 0 Å². The molecule has 0 amide bonds. The van der Waals surface area contributed by atoms with E-state index in [4.69, 9.17) is 4.74 Å². The van der Waals surface area contributed by atoms with Crippen LogP contribution in [0, 0.1) is 19.8 Å². The van der Waals surface area contributed by atoms with Crippen molar-refractivity contribution >= 4 is 0 Å². The lowest BCUT2D eigenvalue weighted by molar-refractivity contribution is 0.0652. The standard InChI is InChI=1S/C19H22O2/c1-13-7-14(2)9-15(8-13)10-18(20)17-11-16-5-3-4-6-19(16)21-12-17/h3-9,17-18,20H,10-12H2,1-2H3. The lowest BCUT2D eigenvalue weighted by Crippen LogP contribution is -2.33. The van der Waals surface area contributed by atoms with Gasteiger partial charge in [0, 0.05) is 5.92 Å². The number of rotatable bonds is 3. The Morgan fingerprint density at radius 1 is 1.14 bits per heavy atom. The van der Waals surface area contributed by atoms with Gasteiger partial charge in [-0.15, -0.1) is 0 Å². The molecule has 2 nitrogen and oxygen atoms in total. The van der Waals surface area contributed by atoms with Crippen LogP contribution in [0.25, 0.3) is 0 Å². The predicted octanol–water partition coefficient (Wildman–Crippen LogP) is 3.46. The first-order valence-corrected chi connectivity index (χ1v) is 7.58. The summed E-state index contributed by atoms with van der Waals surface area (Å²) in [5.41, 5.74) is 4.91. The maximum atomic E-state index is 10.6. The van der Waals surface area contributed by atoms with Gasteiger partial charge in [0.05, 0.1) is 12.7 Å². The van der Waals surface area contributed by atoms with Crippen molar-refractivity contribution in [3.63, 3.8) is 0 Å². The van der Waals surface area contributed by atoms with Gasteiger partial charge in [0.2, 0.25) is 0 Å². The van der Waals surface area contributed by atoms with Crippen molar-refractivity contribution in [2.45, 2.75) is 32.8 Å². The minimum absolute atomic E-state index is 0.167. The first-order chi connectivity index (χ1) is 10.1. The Bertz CT molecular complexity index is 613. The van der Waals surface area contributed by atoms with Crippen LogP contribution in [0.2, 0.25) is 0 Å². The molecule has 21 heavy (non-hydrogen) atoms. The normalized spacial score (nSPS) is 18.7. The van der Waals surface area contributed by atoms with Gasteiger partial charge in [0.15, 0.2) is 0 Å². The highest BCUT2D eigenvalue weighted by Gasteiger charge is 2.26. The average molecular weight is 282 g/mol. The number of fused-ring (bicyclic) bond motifs is 1. The highest BCUT2D eigenvalue weighted by molar-refractivity contribution is 5.35. The van der Waals surface area contributed by atoms with E-state index in [1.165, 1.54) is 22.3 Å². The van der Waals surface area contributed by atoms with Gasteiger partial charge in [0.1, 0.15) is 5.75 Å². The van der Waals surface area contributed by atoms with Crippen LogP contribution in [-0.2, 0) is 12.8 Å². The van der Waals surface area contributed by atoms with Crippen molar-refractivity contribution < 1.29 is 9.84 Å². The van der Waals surface area contributed by atoms with E-state index in [1.54, 1.807) is 0 Å². The summed E-state index contributed by atoms with van der Waals surface area (Å²) in [6, 6.07) is 14.6. The first-order valence-electron chi connectivity index (χ1n) is 7.58. The highest BCUT2D eigenvalue weighted by atomic mass is 16.5. The summed E-state index contributed by atoms with van der Waals surface area (Å²) in [7, 11) is 0. The molecule has 1 aliphatic rings. The fraction of sp³-hybridized carbons (Fsp3) is 0.368. The number of aliphatic hydroxyl groups is 1. The molecule has 2 atom stereocenters. The summed E-state index contributed by atoms with van der Waals surface area (Å²) >= 11 is 0. The molecule has 1 N–H and O–H groups in total. The van der Waals surface area contributed by atoms with Crippen LogP contribution in [0.3, 0.4) is 0 Å². The smallest absolute Gasteiger partial charge is 0.122 e. The number of ether oxygens (including phenoxy) is 1. The Morgan fingerprint density at radius 2 is 1.86 bits per heavy atom. The summed E-state index contributed by atoms with van der Waals surface area (Å²) in [6.07, 6.45) is 1.22. The Balaban J connectivity index is 1.70. The number of aryl methyl sites for hydroxylation is 2. The minimum Gasteiger partial charge on any atom is -0.493 e. The summed E-state index contributed by atoms with van der Waals surface area (Å²) < 4.78 is 5.78. The summed E-state index contributed by atoms with van der Waals surface area (Å²) in [5.74, 6) is 1.13. The Morgan fingerprint density at radius 3 is 2.62 bits per heavy atom. The molecule has 2 aromatic rings. The summed E-state index contributed by atoms with van der Waals surface area (Å²) in [6.45, 7) is 4.80. The third kappa shape index (κ3) is 3.27. The SMILES string of the molecule is Cc1cc(C)cc(CC(O)C2COc3ccccc3C2)c1. The molecule has 0 saturated heterocycles. The zero-order valence-corrected chi connectivity index (χ0v) is 12.7. The van der Waals surface area contributed by atoms with Crippen LogP contribution in [0.15, 0.2) is 42.5 Å². The first kappa shape index (κ1) is 14.2. The lowest BCUT2D eigenvalue weighted by Gasteiger charge is -2.29. The average Bonchev–Trinajstić information content (AvgIpc) is 2.45. The molecule has 2 unspecified atom stereocenters. The van der Waals surface area contributed by atoms with Crippen molar-refractivity contribution in [3.8, 4) is 5.75 Å². The number of hydrogen-bond donors (Lipinski definition) is 1. The maximum absolute atomic E-state index is 10.6. The van der Waals surface area contributed by atoms with E-state index in [0.29, 0.717) is 13.0 Å². The van der Waals surface area contributed by atoms with E-state index in [2.05, 4.69) is 38.1 Å². The second-order valence-electron chi connectivity index (χ2n) is 6.15. The molecule has 2 aromatic carbocycles. The van der Waals surface area contributed by atoms with E-state index >= 15 is 0 Å². The molecule has 0 aliphatic carbocycles. The Labute approximate surface area is 126 Å². The van der Waals surface area contributed by atoms with Gasteiger partial charge in [-0.1, -0.05) is 47.5 Å². The van der Waals surface area contributed by atoms with E-state index in [1.807, 2.05) is 18.2 Å². The third-order valence-corrected chi connectivity index (χ3v) is 4.18. The number of benzene rings is 2. The minimum atomic E-state index is -0.362. The van der Waals surface area contributed by atoms with E-state index in [0.717, 1.165) is 12.2 Å². The number of para-hydroxylation sites is 1. The second-order valence-corrected chi connectivity index (χ2v) is 6.15. The van der Waals surface area contributed by atoms with Gasteiger partial charge in [-0.25, -0.2) is 0 Å². The number of aliphatic hydroxyl groups excluding tert-OH is 1. The Kier molecular flexibility index (Phi) is 3.98. The van der Waals surface area contributed by atoms with Gasteiger partial charge in [-0.3, -0.25) is 0 Å². The predicted molar refractivity (Wildman–Crippen MR) is 84.8 cm³/mol. The summed E-state index contributed by atoms with van der Waals surface area (Å²) in [4.78, 5) is 0. The quantitative estimate of drug-likeness (QED) is 0.934. The van der Waals surface area contributed by atoms with E-state index in [9.17, 15) is 5.11 Å². The van der Waals surface area contributed by atoms with Gasteiger partial charge in [-0.05, 0) is 43.9 Å². The topological polar surface area (TPSA) is 29.5 Å². The molecule has 110 valence electrons. The molecule has 0 saturated carbocycles. The molecule has 0 aromatic heterocycles. The van der Waals surface area contributed by atoms with Crippen molar-refractivity contribution in [1.82, 2.24) is 0 Å². The fourth-order valence-corrected chi connectivity index (χ4v) is 3.19. The number of hydrogen-bond acceptors (Lipinski definition) is 2. The Hall–Kier alpha value is -1.80. The molecular weight excluding hydrogens is 260 g/mol. The maximum Gasteiger partial charge on any atom is 0.122 e. The monoisotopic (exact) mass is 282 g/mol. The van der Waals surface area contributed by atoms with Gasteiger partial charge in [0.25, 0.3) is 0 Å². The van der Waals surface area contributed by atoms with Crippen LogP contribution >= 0.6 is 0 Å². The molecule has 0 bridgehead atoms. The third-order valence-electron chi connectivity index (χ3n) is 4.18. The molecule has 1 heterocycles. The summed E-state index contributed by atoms with van der Waals surface area (Å²) in [5, 5.41) is 10.6. The van der Waals surface area contributed by atoms with Crippen molar-refractivity contribution in [2.24, 2.45) is 5.92 Å². The van der Waals surface area contributed by atoms with Gasteiger partial charge < -0.3 is 9.84 Å². The van der Waals surface area contributed by atoms with E-state index < -0.39 is 0 Å². The van der Waals surface area contributed by atoms with Gasteiger partial charge >= 0.3 is 0 Å². The molecule has 2 heteroatoms. The lowest BCUT2D eigenvalue weighted by atomic mass is 9.88. The van der Waals surface area contributed by atoms with Crippen molar-refractivity contribution in [2.75, 3.05) is 6.61 Å². The van der Waals surface area contributed by atoms with Crippen LogP contribution < -0.4 is 4.74 Å². The zero-order valence-electron chi connectivity index (χ0n) is 12.7. The molecule has 1 aliphatic heterocycles. The largest absolute Gasteiger partial charge is 0.493 e. The zero-order chi connectivity index (χ0) is 14.8. The molecule has 3 rings (SSSR count). The van der Waals surface area contributed by atoms with Crippen LogP contribution in [0.4, 0.5) is 0 Å².